The van der Waals surface area contributed by atoms with Gasteiger partial charge in [-0.25, -0.2) is 0 Å². The van der Waals surface area contributed by atoms with Gasteiger partial charge in [-0.1, -0.05) is 23.7 Å². The first-order chi connectivity index (χ1) is 9.77. The summed E-state index contributed by atoms with van der Waals surface area (Å²) in [7, 11) is 0. The Morgan fingerprint density at radius 2 is 1.57 bits per heavy atom. The van der Waals surface area contributed by atoms with Crippen LogP contribution in [0, 0.1) is 0 Å². The number of benzene rings is 2. The topological polar surface area (TPSA) is 9.23 Å². The molecule has 0 spiro atoms. The van der Waals surface area contributed by atoms with E-state index in [1.54, 1.807) is 0 Å². The van der Waals surface area contributed by atoms with Gasteiger partial charge < -0.3 is 4.74 Å². The van der Waals surface area contributed by atoms with Crippen molar-refractivity contribution in [2.24, 2.45) is 0 Å². The molecule has 0 fully saturated rings. The zero-order valence-electron chi connectivity index (χ0n) is 10.3. The van der Waals surface area contributed by atoms with Gasteiger partial charge in [-0.05, 0) is 35.9 Å². The van der Waals surface area contributed by atoms with Crippen LogP contribution in [0.2, 0.25) is 5.02 Å². The van der Waals surface area contributed by atoms with E-state index in [0.29, 0.717) is 5.56 Å². The molecule has 2 aromatic carbocycles. The van der Waals surface area contributed by atoms with Crippen molar-refractivity contribution >= 4 is 11.6 Å². The van der Waals surface area contributed by atoms with E-state index in [4.69, 9.17) is 11.6 Å². The van der Waals surface area contributed by atoms with Gasteiger partial charge in [-0.15, -0.1) is 0 Å². The van der Waals surface area contributed by atoms with Gasteiger partial charge in [-0.2, -0.15) is 22.0 Å². The Labute approximate surface area is 121 Å². The molecule has 21 heavy (non-hydrogen) atoms. The van der Waals surface area contributed by atoms with E-state index in [-0.39, 0.29) is 16.3 Å². The normalized spacial score (nSPS) is 11.8. The molecule has 1 nitrogen and oxygen atoms in total. The zero-order valence-corrected chi connectivity index (χ0v) is 11.1. The number of alkyl halides is 5. The van der Waals surface area contributed by atoms with Crippen LogP contribution in [-0.4, -0.2) is 6.61 Å². The van der Waals surface area contributed by atoms with Gasteiger partial charge in [0.25, 0.3) is 0 Å². The second-order valence-corrected chi connectivity index (χ2v) is 4.53. The minimum atomic E-state index is -4.46. The monoisotopic (exact) mass is 322 g/mol. The number of hydrogen-bond acceptors (Lipinski definition) is 1. The molecule has 0 aliphatic carbocycles. The number of halogens is 6. The molecule has 0 aromatic heterocycles. The summed E-state index contributed by atoms with van der Waals surface area (Å²) in [5.74, 6) is -0.197. The Morgan fingerprint density at radius 3 is 2.10 bits per heavy atom. The van der Waals surface area contributed by atoms with Gasteiger partial charge in [0.1, 0.15) is 5.75 Å². The van der Waals surface area contributed by atoms with Crippen molar-refractivity contribution in [1.82, 2.24) is 0 Å². The summed E-state index contributed by atoms with van der Waals surface area (Å²) < 4.78 is 66.5. The lowest BCUT2D eigenvalue weighted by molar-refractivity contribution is -0.137. The molecule has 0 saturated heterocycles. The van der Waals surface area contributed by atoms with Crippen LogP contribution in [0.4, 0.5) is 22.0 Å². The van der Waals surface area contributed by atoms with E-state index < -0.39 is 18.4 Å². The Morgan fingerprint density at radius 1 is 0.952 bits per heavy atom. The lowest BCUT2D eigenvalue weighted by Crippen LogP contribution is -2.05. The minimum Gasteiger partial charge on any atom is -0.434 e. The number of ether oxygens (including phenoxy) is 1. The maximum absolute atomic E-state index is 12.5. The molecule has 2 aromatic rings. The molecule has 0 unspecified atom stereocenters. The fourth-order valence-corrected chi connectivity index (χ4v) is 1.93. The van der Waals surface area contributed by atoms with E-state index in [1.807, 2.05) is 0 Å². The second-order valence-electron chi connectivity index (χ2n) is 4.09. The summed E-state index contributed by atoms with van der Waals surface area (Å²) in [4.78, 5) is 0. The van der Waals surface area contributed by atoms with Crippen LogP contribution in [0.15, 0.2) is 42.5 Å². The third-order valence-corrected chi connectivity index (χ3v) is 2.92. The van der Waals surface area contributed by atoms with Gasteiger partial charge in [-0.3, -0.25) is 0 Å². The molecule has 0 bridgehead atoms. The fourth-order valence-electron chi connectivity index (χ4n) is 1.77. The third kappa shape index (κ3) is 3.85. The molecule has 0 radical (unpaired) electrons. The molecular formula is C14H8ClF5O. The fraction of sp³-hybridized carbons (Fsp3) is 0.143. The molecule has 0 atom stereocenters. The van der Waals surface area contributed by atoms with Crippen molar-refractivity contribution in [3.63, 3.8) is 0 Å². The van der Waals surface area contributed by atoms with E-state index in [1.165, 1.54) is 30.3 Å². The Bertz CT molecular complexity index is 622. The molecule has 0 N–H and O–H groups in total. The molecule has 2 rings (SSSR count). The molecule has 112 valence electrons. The Hall–Kier alpha value is -1.82. The van der Waals surface area contributed by atoms with Crippen molar-refractivity contribution in [1.29, 1.82) is 0 Å². The van der Waals surface area contributed by atoms with E-state index in [2.05, 4.69) is 4.74 Å². The smallest absolute Gasteiger partial charge is 0.416 e. The molecule has 0 amide bonds. The highest BCUT2D eigenvalue weighted by Gasteiger charge is 2.30. The molecular weight excluding hydrogens is 315 g/mol. The highest BCUT2D eigenvalue weighted by molar-refractivity contribution is 6.30. The highest BCUT2D eigenvalue weighted by Crippen LogP contribution is 2.36. The molecule has 7 heteroatoms. The van der Waals surface area contributed by atoms with Crippen LogP contribution < -0.4 is 4.74 Å². The average Bonchev–Trinajstić information content (AvgIpc) is 2.37. The van der Waals surface area contributed by atoms with Gasteiger partial charge in [0, 0.05) is 10.6 Å². The van der Waals surface area contributed by atoms with Crippen LogP contribution >= 0.6 is 11.6 Å². The van der Waals surface area contributed by atoms with E-state index in [0.717, 1.165) is 12.1 Å². The summed E-state index contributed by atoms with van der Waals surface area (Å²) in [6, 6.07) is 8.14. The van der Waals surface area contributed by atoms with E-state index >= 15 is 0 Å². The summed E-state index contributed by atoms with van der Waals surface area (Å²) in [6.45, 7) is -3.06. The largest absolute Gasteiger partial charge is 0.434 e. The number of rotatable bonds is 3. The van der Waals surface area contributed by atoms with E-state index in [9.17, 15) is 22.0 Å². The van der Waals surface area contributed by atoms with Gasteiger partial charge in [0.15, 0.2) is 0 Å². The van der Waals surface area contributed by atoms with Gasteiger partial charge in [0.05, 0.1) is 5.56 Å². The van der Waals surface area contributed by atoms with Gasteiger partial charge >= 0.3 is 12.8 Å². The first-order valence-electron chi connectivity index (χ1n) is 5.69. The van der Waals surface area contributed by atoms with Crippen molar-refractivity contribution in [2.45, 2.75) is 12.8 Å². The SMILES string of the molecule is FC(F)Oc1cc(Cl)ccc1-c1ccc(C(F)(F)F)cc1. The molecule has 0 heterocycles. The Balaban J connectivity index is 2.42. The lowest BCUT2D eigenvalue weighted by Gasteiger charge is -2.12. The van der Waals surface area contributed by atoms with Crippen molar-refractivity contribution < 1.29 is 26.7 Å². The molecule has 0 saturated carbocycles. The maximum Gasteiger partial charge on any atom is 0.416 e. The maximum atomic E-state index is 12.5. The molecule has 0 aliphatic rings. The second kappa shape index (κ2) is 5.89. The van der Waals surface area contributed by atoms with Crippen LogP contribution in [-0.2, 0) is 6.18 Å². The quantitative estimate of drug-likeness (QED) is 0.666. The van der Waals surface area contributed by atoms with Crippen molar-refractivity contribution in [2.75, 3.05) is 0 Å². The van der Waals surface area contributed by atoms with Crippen molar-refractivity contribution in [3.05, 3.63) is 53.1 Å². The van der Waals surface area contributed by atoms with Crippen molar-refractivity contribution in [3.8, 4) is 16.9 Å². The number of hydrogen-bond donors (Lipinski definition) is 0. The third-order valence-electron chi connectivity index (χ3n) is 2.68. The first-order valence-corrected chi connectivity index (χ1v) is 6.07. The summed E-state index contributed by atoms with van der Waals surface area (Å²) in [6.07, 6.45) is -4.46. The predicted octanol–water partition coefficient (Wildman–Crippen LogP) is 5.63. The molecule has 0 aliphatic heterocycles. The average molecular weight is 323 g/mol. The first kappa shape index (κ1) is 15.6. The summed E-state index contributed by atoms with van der Waals surface area (Å²) in [5, 5.41) is 0.182. The standard InChI is InChI=1S/C14H8ClF5O/c15-10-5-6-11(12(7-10)21-13(16)17)8-1-3-9(4-2-8)14(18,19)20/h1-7,13H. The van der Waals surface area contributed by atoms with Gasteiger partial charge in [0.2, 0.25) is 0 Å². The van der Waals surface area contributed by atoms with Crippen LogP contribution in [0.5, 0.6) is 5.75 Å². The summed E-state index contributed by atoms with van der Waals surface area (Å²) in [5.41, 5.74) is -0.278. The Kier molecular flexibility index (Phi) is 4.37. The lowest BCUT2D eigenvalue weighted by atomic mass is 10.0. The minimum absolute atomic E-state index is 0.182. The predicted molar refractivity (Wildman–Crippen MR) is 68.5 cm³/mol. The van der Waals surface area contributed by atoms with Crippen LogP contribution in [0.1, 0.15) is 5.56 Å². The summed E-state index contributed by atoms with van der Waals surface area (Å²) >= 11 is 5.70. The van der Waals surface area contributed by atoms with Crippen LogP contribution in [0.3, 0.4) is 0 Å². The zero-order chi connectivity index (χ0) is 15.6. The highest BCUT2D eigenvalue weighted by atomic mass is 35.5. The van der Waals surface area contributed by atoms with Crippen LogP contribution in [0.25, 0.3) is 11.1 Å².